The lowest BCUT2D eigenvalue weighted by atomic mass is 10.1. The molecule has 0 amide bonds. The van der Waals surface area contributed by atoms with Crippen molar-refractivity contribution in [3.05, 3.63) is 76.7 Å². The highest BCUT2D eigenvalue weighted by molar-refractivity contribution is 6.19. The van der Waals surface area contributed by atoms with Crippen LogP contribution >= 0.6 is 0 Å². The number of ketones is 1. The zero-order valence-electron chi connectivity index (χ0n) is 14.2. The van der Waals surface area contributed by atoms with E-state index in [1.165, 1.54) is 0 Å². The van der Waals surface area contributed by atoms with Crippen LogP contribution in [0.2, 0.25) is 0 Å². The number of carbonyl (C=O) groups is 2. The molecule has 0 bridgehead atoms. The molecule has 25 heavy (non-hydrogen) atoms. The fourth-order valence-electron chi connectivity index (χ4n) is 2.54. The van der Waals surface area contributed by atoms with Crippen LogP contribution in [-0.4, -0.2) is 18.4 Å². The van der Waals surface area contributed by atoms with Crippen molar-refractivity contribution in [3.63, 3.8) is 0 Å². The molecule has 0 saturated heterocycles. The van der Waals surface area contributed by atoms with Crippen molar-refractivity contribution in [2.45, 2.75) is 20.5 Å². The number of esters is 1. The molecule has 0 unspecified atom stereocenters. The molecule has 5 nitrogen and oxygen atoms in total. The summed E-state index contributed by atoms with van der Waals surface area (Å²) in [6.45, 7) is 3.88. The third-order valence-electron chi connectivity index (χ3n) is 3.95. The minimum atomic E-state index is -0.679. The summed E-state index contributed by atoms with van der Waals surface area (Å²) in [7, 11) is 0. The van der Waals surface area contributed by atoms with Crippen LogP contribution < -0.4 is 5.32 Å². The van der Waals surface area contributed by atoms with Gasteiger partial charge in [0, 0.05) is 5.69 Å². The predicted molar refractivity (Wildman–Crippen MR) is 93.8 cm³/mol. The molecule has 0 atom stereocenters. The zero-order valence-corrected chi connectivity index (χ0v) is 14.2. The van der Waals surface area contributed by atoms with Gasteiger partial charge in [0.15, 0.2) is 12.2 Å². The van der Waals surface area contributed by atoms with Gasteiger partial charge in [-0.3, -0.25) is 4.79 Å². The highest BCUT2D eigenvalue weighted by Gasteiger charge is 2.32. The Labute approximate surface area is 146 Å². The third-order valence-corrected chi connectivity index (χ3v) is 3.95. The molecule has 0 saturated carbocycles. The number of hydrogen-bond donors (Lipinski definition) is 1. The number of Topliss-reactive ketones (excluding diaryl/α,β-unsaturated/α-hetero) is 1. The Morgan fingerprint density at radius 3 is 2.68 bits per heavy atom. The van der Waals surface area contributed by atoms with Crippen molar-refractivity contribution in [3.8, 4) is 0 Å². The summed E-state index contributed by atoms with van der Waals surface area (Å²) < 4.78 is 10.7. The van der Waals surface area contributed by atoms with E-state index in [4.69, 9.17) is 9.47 Å². The van der Waals surface area contributed by atoms with Gasteiger partial charge in [-0.05, 0) is 37.1 Å². The zero-order chi connectivity index (χ0) is 17.8. The van der Waals surface area contributed by atoms with Crippen molar-refractivity contribution in [2.75, 3.05) is 11.9 Å². The van der Waals surface area contributed by atoms with Gasteiger partial charge in [0.2, 0.25) is 11.7 Å². The van der Waals surface area contributed by atoms with Gasteiger partial charge in [0.05, 0.1) is 0 Å². The number of anilines is 1. The SMILES string of the molecule is Cc1ccc(C)c(COC(=O)C2=C(Nc3ccccc3)OCC2=O)c1. The van der Waals surface area contributed by atoms with Gasteiger partial charge in [0.1, 0.15) is 6.61 Å². The lowest BCUT2D eigenvalue weighted by Gasteiger charge is -2.10. The first-order chi connectivity index (χ1) is 12.0. The smallest absolute Gasteiger partial charge is 0.347 e. The van der Waals surface area contributed by atoms with Crippen LogP contribution in [0.15, 0.2) is 60.0 Å². The van der Waals surface area contributed by atoms with Gasteiger partial charge < -0.3 is 14.8 Å². The monoisotopic (exact) mass is 337 g/mol. The molecule has 1 aliphatic heterocycles. The maximum atomic E-state index is 12.4. The van der Waals surface area contributed by atoms with Gasteiger partial charge >= 0.3 is 5.97 Å². The van der Waals surface area contributed by atoms with E-state index in [0.29, 0.717) is 0 Å². The van der Waals surface area contributed by atoms with Crippen LogP contribution in [0, 0.1) is 13.8 Å². The first kappa shape index (κ1) is 16.8. The fourth-order valence-corrected chi connectivity index (χ4v) is 2.54. The average Bonchev–Trinajstić information content (AvgIpc) is 2.97. The summed E-state index contributed by atoms with van der Waals surface area (Å²) >= 11 is 0. The van der Waals surface area contributed by atoms with Crippen LogP contribution in [0.4, 0.5) is 5.69 Å². The number of hydrogen-bond acceptors (Lipinski definition) is 5. The normalized spacial score (nSPS) is 13.6. The predicted octanol–water partition coefficient (Wildman–Crippen LogP) is 3.27. The molecule has 3 rings (SSSR count). The van der Waals surface area contributed by atoms with E-state index in [1.54, 1.807) is 0 Å². The maximum Gasteiger partial charge on any atom is 0.347 e. The molecular formula is C20H19NO4. The molecule has 0 fully saturated rings. The van der Waals surface area contributed by atoms with Crippen LogP contribution in [-0.2, 0) is 25.7 Å². The Morgan fingerprint density at radius 1 is 1.16 bits per heavy atom. The van der Waals surface area contributed by atoms with Crippen molar-refractivity contribution >= 4 is 17.4 Å². The van der Waals surface area contributed by atoms with Gasteiger partial charge in [-0.2, -0.15) is 0 Å². The van der Waals surface area contributed by atoms with Gasteiger partial charge in [0.25, 0.3) is 0 Å². The highest BCUT2D eigenvalue weighted by Crippen LogP contribution is 2.21. The van der Waals surface area contributed by atoms with E-state index in [9.17, 15) is 9.59 Å². The number of nitrogens with one attached hydrogen (secondary N) is 1. The largest absolute Gasteiger partial charge is 0.470 e. The molecule has 128 valence electrons. The van der Waals surface area contributed by atoms with E-state index >= 15 is 0 Å². The summed E-state index contributed by atoms with van der Waals surface area (Å²) in [5, 5.41) is 2.96. The van der Waals surface area contributed by atoms with E-state index in [2.05, 4.69) is 5.32 Å². The van der Waals surface area contributed by atoms with E-state index in [0.717, 1.165) is 22.4 Å². The second kappa shape index (κ2) is 7.21. The topological polar surface area (TPSA) is 64.6 Å². The number of para-hydroxylation sites is 1. The maximum absolute atomic E-state index is 12.4. The Bertz CT molecular complexity index is 840. The van der Waals surface area contributed by atoms with Crippen LogP contribution in [0.3, 0.4) is 0 Å². The lowest BCUT2D eigenvalue weighted by molar-refractivity contribution is -0.141. The molecule has 1 aliphatic rings. The molecule has 1 heterocycles. The van der Waals surface area contributed by atoms with Crippen LogP contribution in [0.25, 0.3) is 0 Å². The molecule has 5 heteroatoms. The Hall–Kier alpha value is -3.08. The quantitative estimate of drug-likeness (QED) is 0.670. The summed E-state index contributed by atoms with van der Waals surface area (Å²) in [4.78, 5) is 24.4. The number of benzene rings is 2. The van der Waals surface area contributed by atoms with Crippen molar-refractivity contribution in [1.82, 2.24) is 0 Å². The molecule has 0 aliphatic carbocycles. The molecule has 2 aromatic rings. The van der Waals surface area contributed by atoms with Gasteiger partial charge in [-0.1, -0.05) is 42.0 Å². The molecule has 1 N–H and O–H groups in total. The van der Waals surface area contributed by atoms with Crippen molar-refractivity contribution < 1.29 is 19.1 Å². The van der Waals surface area contributed by atoms with Crippen molar-refractivity contribution in [2.24, 2.45) is 0 Å². The Morgan fingerprint density at radius 2 is 1.92 bits per heavy atom. The number of ether oxygens (including phenoxy) is 2. The van der Waals surface area contributed by atoms with Crippen LogP contribution in [0.1, 0.15) is 16.7 Å². The van der Waals surface area contributed by atoms with E-state index < -0.39 is 5.97 Å². The number of rotatable bonds is 5. The molecule has 0 spiro atoms. The first-order valence-corrected chi connectivity index (χ1v) is 8.00. The molecule has 2 aromatic carbocycles. The standard InChI is InChI=1S/C20H19NO4/c1-13-8-9-14(2)15(10-13)11-25-20(23)18-17(22)12-24-19(18)21-16-6-4-3-5-7-16/h3-10,21H,11-12H2,1-2H3. The Kier molecular flexibility index (Phi) is 4.84. The third kappa shape index (κ3) is 3.88. The van der Waals surface area contributed by atoms with Gasteiger partial charge in [-0.15, -0.1) is 0 Å². The second-order valence-corrected chi connectivity index (χ2v) is 5.91. The lowest BCUT2D eigenvalue weighted by Crippen LogP contribution is -2.16. The minimum Gasteiger partial charge on any atom is -0.470 e. The second-order valence-electron chi connectivity index (χ2n) is 5.91. The van der Waals surface area contributed by atoms with E-state index in [1.807, 2.05) is 62.4 Å². The fraction of sp³-hybridized carbons (Fsp3) is 0.200. The summed E-state index contributed by atoms with van der Waals surface area (Å²) in [5.41, 5.74) is 3.69. The van der Waals surface area contributed by atoms with E-state index in [-0.39, 0.29) is 30.5 Å². The average molecular weight is 337 g/mol. The molecule has 0 radical (unpaired) electrons. The number of carbonyl (C=O) groups excluding carboxylic acids is 2. The van der Waals surface area contributed by atoms with Crippen molar-refractivity contribution in [1.29, 1.82) is 0 Å². The molecule has 0 aromatic heterocycles. The first-order valence-electron chi connectivity index (χ1n) is 8.00. The Balaban J connectivity index is 1.75. The highest BCUT2D eigenvalue weighted by atomic mass is 16.5. The molecular weight excluding hydrogens is 318 g/mol. The minimum absolute atomic E-state index is 0.0749. The van der Waals surface area contributed by atoms with Gasteiger partial charge in [-0.25, -0.2) is 4.79 Å². The summed E-state index contributed by atoms with van der Waals surface area (Å²) in [6, 6.07) is 15.1. The summed E-state index contributed by atoms with van der Waals surface area (Å²) in [6.07, 6.45) is 0. The van der Waals surface area contributed by atoms with Crippen LogP contribution in [0.5, 0.6) is 0 Å². The number of aryl methyl sites for hydroxylation is 2. The summed E-state index contributed by atoms with van der Waals surface area (Å²) in [5.74, 6) is -0.923.